The fourth-order valence-electron chi connectivity index (χ4n) is 3.00. The van der Waals surface area contributed by atoms with Crippen molar-refractivity contribution in [3.8, 4) is 28.1 Å². The van der Waals surface area contributed by atoms with Crippen LogP contribution in [-0.4, -0.2) is 9.78 Å². The quantitative estimate of drug-likeness (QED) is 0.576. The number of nitrogens with zero attached hydrogens (tertiary/aromatic N) is 1. The van der Waals surface area contributed by atoms with Gasteiger partial charge in [-0.1, -0.05) is 78.4 Å². The Hall–Kier alpha value is -3.33. The van der Waals surface area contributed by atoms with Crippen LogP contribution in [0.5, 0.6) is 0 Å². The first-order chi connectivity index (χ1) is 12.2. The van der Waals surface area contributed by atoms with Crippen molar-refractivity contribution in [2.24, 2.45) is 0 Å². The molecule has 0 amide bonds. The number of aromatic nitrogens is 2. The van der Waals surface area contributed by atoms with Crippen molar-refractivity contribution in [2.75, 3.05) is 0 Å². The van der Waals surface area contributed by atoms with E-state index >= 15 is 0 Å². The molecular weight excluding hydrogens is 308 g/mol. The minimum absolute atomic E-state index is 0.0473. The van der Waals surface area contributed by atoms with Gasteiger partial charge < -0.3 is 0 Å². The SMILES string of the molecule is Cc1ccc(-n2[nH]c(-c3ccccc3)c(-c3ccccc3)c2=O)cc1. The molecule has 3 aromatic carbocycles. The Morgan fingerprint density at radius 3 is 1.88 bits per heavy atom. The lowest BCUT2D eigenvalue weighted by atomic mass is 10.0. The van der Waals surface area contributed by atoms with Gasteiger partial charge in [0, 0.05) is 5.56 Å². The average molecular weight is 326 g/mol. The van der Waals surface area contributed by atoms with E-state index in [9.17, 15) is 4.79 Å². The molecule has 0 fully saturated rings. The summed E-state index contributed by atoms with van der Waals surface area (Å²) >= 11 is 0. The number of hydrogen-bond acceptors (Lipinski definition) is 1. The minimum atomic E-state index is -0.0473. The highest BCUT2D eigenvalue weighted by Crippen LogP contribution is 2.28. The summed E-state index contributed by atoms with van der Waals surface area (Å²) in [5, 5.41) is 3.30. The Labute approximate surface area is 146 Å². The number of hydrogen-bond donors (Lipinski definition) is 1. The molecular formula is C22H18N2O. The smallest absolute Gasteiger partial charge is 0.279 e. The molecule has 0 saturated heterocycles. The molecule has 0 aliphatic carbocycles. The third-order valence-corrected chi connectivity index (χ3v) is 4.31. The van der Waals surface area contributed by atoms with Crippen LogP contribution in [0, 0.1) is 6.92 Å². The van der Waals surface area contributed by atoms with E-state index < -0.39 is 0 Å². The van der Waals surface area contributed by atoms with Gasteiger partial charge in [0.2, 0.25) is 0 Å². The minimum Gasteiger partial charge on any atom is -0.290 e. The lowest BCUT2D eigenvalue weighted by Gasteiger charge is -2.03. The number of aromatic amines is 1. The van der Waals surface area contributed by atoms with Crippen LogP contribution in [0.3, 0.4) is 0 Å². The van der Waals surface area contributed by atoms with Crippen LogP contribution < -0.4 is 5.56 Å². The number of benzene rings is 3. The molecule has 122 valence electrons. The van der Waals surface area contributed by atoms with Crippen LogP contribution in [0.15, 0.2) is 89.7 Å². The van der Waals surface area contributed by atoms with Crippen LogP contribution in [-0.2, 0) is 0 Å². The Kier molecular flexibility index (Phi) is 3.82. The number of H-pyrrole nitrogens is 1. The number of nitrogens with one attached hydrogen (secondary N) is 1. The van der Waals surface area contributed by atoms with E-state index in [2.05, 4.69) is 5.10 Å². The summed E-state index contributed by atoms with van der Waals surface area (Å²) in [6.45, 7) is 2.03. The standard InChI is InChI=1S/C22H18N2O/c1-16-12-14-19(15-13-16)24-22(25)20(17-8-4-2-5-9-17)21(23-24)18-10-6-3-7-11-18/h2-15,23H,1H3. The first-order valence-corrected chi connectivity index (χ1v) is 8.27. The van der Waals surface area contributed by atoms with E-state index in [1.54, 1.807) is 4.68 Å². The van der Waals surface area contributed by atoms with Gasteiger partial charge >= 0.3 is 0 Å². The highest BCUT2D eigenvalue weighted by Gasteiger charge is 2.18. The van der Waals surface area contributed by atoms with Gasteiger partial charge in [-0.3, -0.25) is 9.89 Å². The van der Waals surface area contributed by atoms with Crippen molar-refractivity contribution >= 4 is 0 Å². The largest absolute Gasteiger partial charge is 0.290 e. The zero-order chi connectivity index (χ0) is 17.2. The van der Waals surface area contributed by atoms with Crippen molar-refractivity contribution in [1.82, 2.24) is 9.78 Å². The van der Waals surface area contributed by atoms with Crippen LogP contribution in [0.1, 0.15) is 5.56 Å². The van der Waals surface area contributed by atoms with Gasteiger partial charge in [-0.05, 0) is 24.6 Å². The fraction of sp³-hybridized carbons (Fsp3) is 0.0455. The van der Waals surface area contributed by atoms with Gasteiger partial charge in [0.15, 0.2) is 0 Å². The van der Waals surface area contributed by atoms with Gasteiger partial charge in [-0.2, -0.15) is 0 Å². The molecule has 0 aliphatic heterocycles. The van der Waals surface area contributed by atoms with Crippen molar-refractivity contribution < 1.29 is 0 Å². The molecule has 4 aromatic rings. The van der Waals surface area contributed by atoms with Crippen molar-refractivity contribution in [2.45, 2.75) is 6.92 Å². The highest BCUT2D eigenvalue weighted by atomic mass is 16.1. The Bertz CT molecular complexity index is 1040. The molecule has 0 unspecified atom stereocenters. The number of rotatable bonds is 3. The summed E-state index contributed by atoms with van der Waals surface area (Å²) < 4.78 is 1.62. The molecule has 0 aliphatic rings. The molecule has 3 heteroatoms. The van der Waals surface area contributed by atoms with Crippen molar-refractivity contribution in [1.29, 1.82) is 0 Å². The lowest BCUT2D eigenvalue weighted by Crippen LogP contribution is -2.15. The van der Waals surface area contributed by atoms with E-state index in [-0.39, 0.29) is 5.56 Å². The van der Waals surface area contributed by atoms with Crippen molar-refractivity contribution in [3.63, 3.8) is 0 Å². The zero-order valence-corrected chi connectivity index (χ0v) is 13.9. The van der Waals surface area contributed by atoms with Gasteiger partial charge in [0.1, 0.15) is 0 Å². The predicted octanol–water partition coefficient (Wildman–Crippen LogP) is 4.81. The summed E-state index contributed by atoms with van der Waals surface area (Å²) in [7, 11) is 0. The van der Waals surface area contributed by atoms with Gasteiger partial charge in [0.05, 0.1) is 16.9 Å². The third kappa shape index (κ3) is 2.81. The second-order valence-electron chi connectivity index (χ2n) is 6.07. The van der Waals surface area contributed by atoms with Gasteiger partial charge in [0.25, 0.3) is 5.56 Å². The summed E-state index contributed by atoms with van der Waals surface area (Å²) in [4.78, 5) is 13.2. The van der Waals surface area contributed by atoms with Gasteiger partial charge in [-0.25, -0.2) is 4.68 Å². The van der Waals surface area contributed by atoms with E-state index in [1.807, 2.05) is 91.9 Å². The molecule has 1 aromatic heterocycles. The Balaban J connectivity index is 1.98. The molecule has 4 rings (SSSR count). The summed E-state index contributed by atoms with van der Waals surface area (Å²) in [6.07, 6.45) is 0. The van der Waals surface area contributed by atoms with Gasteiger partial charge in [-0.15, -0.1) is 0 Å². The van der Waals surface area contributed by atoms with E-state index in [4.69, 9.17) is 0 Å². The molecule has 0 radical (unpaired) electrons. The maximum atomic E-state index is 13.2. The van der Waals surface area contributed by atoms with E-state index in [0.717, 1.165) is 28.1 Å². The molecule has 0 atom stereocenters. The molecule has 25 heavy (non-hydrogen) atoms. The normalized spacial score (nSPS) is 10.8. The number of aryl methyl sites for hydroxylation is 1. The zero-order valence-electron chi connectivity index (χ0n) is 13.9. The second kappa shape index (κ2) is 6.29. The predicted molar refractivity (Wildman–Crippen MR) is 102 cm³/mol. The van der Waals surface area contributed by atoms with Crippen LogP contribution in [0.2, 0.25) is 0 Å². The summed E-state index contributed by atoms with van der Waals surface area (Å²) in [5.41, 5.74) is 5.36. The third-order valence-electron chi connectivity index (χ3n) is 4.31. The second-order valence-corrected chi connectivity index (χ2v) is 6.07. The molecule has 0 bridgehead atoms. The Morgan fingerprint density at radius 1 is 0.720 bits per heavy atom. The topological polar surface area (TPSA) is 37.8 Å². The van der Waals surface area contributed by atoms with Crippen LogP contribution in [0.4, 0.5) is 0 Å². The van der Waals surface area contributed by atoms with Crippen LogP contribution >= 0.6 is 0 Å². The molecule has 1 heterocycles. The first-order valence-electron chi connectivity index (χ1n) is 8.27. The van der Waals surface area contributed by atoms with Crippen LogP contribution in [0.25, 0.3) is 28.1 Å². The lowest BCUT2D eigenvalue weighted by molar-refractivity contribution is 0.852. The summed E-state index contributed by atoms with van der Waals surface area (Å²) in [5.74, 6) is 0. The molecule has 1 N–H and O–H groups in total. The highest BCUT2D eigenvalue weighted by molar-refractivity contribution is 5.80. The average Bonchev–Trinajstić information content (AvgIpc) is 3.01. The van der Waals surface area contributed by atoms with Crippen molar-refractivity contribution in [3.05, 3.63) is 101 Å². The maximum absolute atomic E-state index is 13.2. The van der Waals surface area contributed by atoms with E-state index in [1.165, 1.54) is 0 Å². The maximum Gasteiger partial charge on any atom is 0.279 e. The molecule has 0 saturated carbocycles. The van der Waals surface area contributed by atoms with E-state index in [0.29, 0.717) is 5.56 Å². The monoisotopic (exact) mass is 326 g/mol. The molecule has 0 spiro atoms. The fourth-order valence-corrected chi connectivity index (χ4v) is 3.00. The Morgan fingerprint density at radius 2 is 1.28 bits per heavy atom. The first kappa shape index (κ1) is 15.2. The molecule has 3 nitrogen and oxygen atoms in total. The summed E-state index contributed by atoms with van der Waals surface area (Å²) in [6, 6.07) is 27.7.